The molecule has 0 aromatic heterocycles. The molecule has 2 aromatic rings. The Balaban J connectivity index is 1.43. The van der Waals surface area contributed by atoms with Gasteiger partial charge in [0.05, 0.1) is 6.04 Å². The van der Waals surface area contributed by atoms with Crippen LogP contribution in [-0.4, -0.2) is 36.3 Å². The number of fused-ring (bicyclic) bond motifs is 2. The summed E-state index contributed by atoms with van der Waals surface area (Å²) in [6.45, 7) is 2.16. The summed E-state index contributed by atoms with van der Waals surface area (Å²) in [7, 11) is 0. The van der Waals surface area contributed by atoms with Crippen LogP contribution < -0.4 is 10.6 Å². The van der Waals surface area contributed by atoms with E-state index in [1.54, 1.807) is 48.5 Å². The summed E-state index contributed by atoms with van der Waals surface area (Å²) in [5.41, 5.74) is 3.46. The van der Waals surface area contributed by atoms with Crippen molar-refractivity contribution in [1.82, 2.24) is 10.6 Å². The molecule has 0 unspecified atom stereocenters. The van der Waals surface area contributed by atoms with E-state index in [1.165, 1.54) is 12.2 Å². The maximum atomic E-state index is 12.4. The molecule has 35 heavy (non-hydrogen) atoms. The second-order valence-corrected chi connectivity index (χ2v) is 7.90. The van der Waals surface area contributed by atoms with Gasteiger partial charge in [-0.3, -0.25) is 9.59 Å². The van der Waals surface area contributed by atoms with Crippen LogP contribution in [0.1, 0.15) is 51.6 Å². The van der Waals surface area contributed by atoms with E-state index in [1.807, 2.05) is 6.92 Å². The van der Waals surface area contributed by atoms with Crippen molar-refractivity contribution < 1.29 is 28.7 Å². The van der Waals surface area contributed by atoms with E-state index in [-0.39, 0.29) is 24.4 Å². The van der Waals surface area contributed by atoms with Gasteiger partial charge in [0, 0.05) is 29.8 Å². The lowest BCUT2D eigenvalue weighted by molar-refractivity contribution is -0.133. The number of ether oxygens (including phenoxy) is 2. The van der Waals surface area contributed by atoms with Gasteiger partial charge in [0.25, 0.3) is 11.8 Å². The van der Waals surface area contributed by atoms with Gasteiger partial charge in [-0.25, -0.2) is 9.59 Å². The number of benzene rings is 2. The third-order valence-electron chi connectivity index (χ3n) is 5.61. The van der Waals surface area contributed by atoms with Crippen LogP contribution in [0.4, 0.5) is 0 Å². The predicted molar refractivity (Wildman–Crippen MR) is 127 cm³/mol. The summed E-state index contributed by atoms with van der Waals surface area (Å²) in [4.78, 5) is 48.8. The molecule has 2 N–H and O–H groups in total. The maximum absolute atomic E-state index is 12.4. The van der Waals surface area contributed by atoms with Crippen LogP contribution in [0.5, 0.6) is 0 Å². The fourth-order valence-corrected chi connectivity index (χ4v) is 4.06. The minimum Gasteiger partial charge on any atom is -0.365 e. The molecular weight excluding hydrogens is 448 g/mol. The predicted octanol–water partition coefficient (Wildman–Crippen LogP) is 2.81. The van der Waals surface area contributed by atoms with Gasteiger partial charge >= 0.3 is 11.9 Å². The molecule has 0 spiro atoms. The van der Waals surface area contributed by atoms with E-state index in [0.717, 1.165) is 6.42 Å². The molecule has 0 bridgehead atoms. The van der Waals surface area contributed by atoms with E-state index in [9.17, 15) is 19.2 Å². The maximum Gasteiger partial charge on any atom is 0.345 e. The highest BCUT2D eigenvalue weighted by molar-refractivity contribution is 6.07. The minimum atomic E-state index is -0.764. The molecule has 0 fully saturated rings. The highest BCUT2D eigenvalue weighted by Crippen LogP contribution is 2.29. The standard InChI is InChI=1S/C27H22N2O6/c1-2-7-23-22(19-9-4-6-11-21(19)27(33)29-23)15-25(31)35-13-12-34-24(30)14-17-16-28-26(32)20-10-5-3-8-18(17)20/h3-6,8-11,14-15,23H,2,7,16H2,1H3,(H,28,32)(H,29,33)/b17-14+,22-15-/t23-/m0/s1. The van der Waals surface area contributed by atoms with Gasteiger partial charge in [0.2, 0.25) is 0 Å². The normalized spacial score (nSPS) is 18.4. The smallest absolute Gasteiger partial charge is 0.345 e. The van der Waals surface area contributed by atoms with Gasteiger partial charge in [0.1, 0.15) is 0 Å². The Morgan fingerprint density at radius 3 is 2.11 bits per heavy atom. The Morgan fingerprint density at radius 2 is 1.46 bits per heavy atom. The van der Waals surface area contributed by atoms with Gasteiger partial charge in [0.15, 0.2) is 12.2 Å². The molecule has 2 aromatic carbocycles. The van der Waals surface area contributed by atoms with Gasteiger partial charge in [-0.1, -0.05) is 49.7 Å². The largest absolute Gasteiger partial charge is 0.365 e. The summed E-state index contributed by atoms with van der Waals surface area (Å²) in [6.07, 6.45) is 8.12. The van der Waals surface area contributed by atoms with E-state index < -0.39 is 11.9 Å². The molecular formula is C27H22N2O6. The average molecular weight is 470 g/mol. The van der Waals surface area contributed by atoms with Crippen molar-refractivity contribution in [3.8, 4) is 12.2 Å². The molecule has 176 valence electrons. The summed E-state index contributed by atoms with van der Waals surface area (Å²) in [6, 6.07) is 13.6. The van der Waals surface area contributed by atoms with E-state index >= 15 is 0 Å². The van der Waals surface area contributed by atoms with E-state index in [4.69, 9.17) is 9.47 Å². The zero-order chi connectivity index (χ0) is 24.8. The molecule has 0 saturated heterocycles. The number of hydrogen-bond acceptors (Lipinski definition) is 6. The summed E-state index contributed by atoms with van der Waals surface area (Å²) in [5.74, 6) is -1.92. The molecule has 2 aliphatic rings. The number of hydrogen-bond donors (Lipinski definition) is 2. The number of esters is 2. The Kier molecular flexibility index (Phi) is 7.07. The number of nitrogens with one attached hydrogen (secondary N) is 2. The molecule has 0 radical (unpaired) electrons. The van der Waals surface area contributed by atoms with Crippen LogP contribution in [-0.2, 0) is 19.1 Å². The zero-order valence-corrected chi connectivity index (χ0v) is 18.9. The van der Waals surface area contributed by atoms with Crippen molar-refractivity contribution in [1.29, 1.82) is 0 Å². The van der Waals surface area contributed by atoms with Crippen LogP contribution in [0.2, 0.25) is 0 Å². The lowest BCUT2D eigenvalue weighted by Gasteiger charge is -2.28. The van der Waals surface area contributed by atoms with Gasteiger partial charge in [-0.15, -0.1) is 0 Å². The Labute approximate surface area is 202 Å². The molecule has 4 rings (SSSR count). The molecule has 2 heterocycles. The number of carbonyl (C=O) groups is 4. The molecule has 1 atom stereocenters. The van der Waals surface area contributed by atoms with Crippen molar-refractivity contribution in [2.45, 2.75) is 25.8 Å². The molecule has 0 saturated carbocycles. The van der Waals surface area contributed by atoms with Crippen molar-refractivity contribution in [2.75, 3.05) is 6.54 Å². The highest BCUT2D eigenvalue weighted by Gasteiger charge is 2.28. The first-order chi connectivity index (χ1) is 17.0. The van der Waals surface area contributed by atoms with Crippen molar-refractivity contribution >= 4 is 34.9 Å². The van der Waals surface area contributed by atoms with Crippen LogP contribution in [0.15, 0.2) is 60.7 Å². The lowest BCUT2D eigenvalue weighted by atomic mass is 9.87. The summed E-state index contributed by atoms with van der Waals surface area (Å²) < 4.78 is 9.69. The van der Waals surface area contributed by atoms with Crippen molar-refractivity contribution in [3.63, 3.8) is 0 Å². The zero-order valence-electron chi connectivity index (χ0n) is 18.9. The van der Waals surface area contributed by atoms with Gasteiger partial charge in [-0.2, -0.15) is 0 Å². The van der Waals surface area contributed by atoms with Crippen molar-refractivity contribution in [3.05, 3.63) is 82.9 Å². The Hall–Kier alpha value is -4.64. The third kappa shape index (κ3) is 5.31. The van der Waals surface area contributed by atoms with Crippen LogP contribution >= 0.6 is 0 Å². The lowest BCUT2D eigenvalue weighted by Crippen LogP contribution is -2.40. The van der Waals surface area contributed by atoms with E-state index in [0.29, 0.717) is 39.8 Å². The first-order valence-corrected chi connectivity index (χ1v) is 11.1. The second kappa shape index (κ2) is 10.5. The summed E-state index contributed by atoms with van der Waals surface area (Å²) >= 11 is 0. The highest BCUT2D eigenvalue weighted by atomic mass is 16.6. The molecule has 2 amide bonds. The monoisotopic (exact) mass is 470 g/mol. The van der Waals surface area contributed by atoms with Gasteiger partial charge in [-0.05, 0) is 40.8 Å². The molecule has 0 aliphatic carbocycles. The Bertz CT molecular complexity index is 1330. The fraction of sp³-hybridized carbons (Fsp3) is 0.185. The number of rotatable bonds is 4. The van der Waals surface area contributed by atoms with Gasteiger partial charge < -0.3 is 20.1 Å². The molecule has 2 aliphatic heterocycles. The van der Waals surface area contributed by atoms with Crippen LogP contribution in [0.25, 0.3) is 11.1 Å². The Morgan fingerprint density at radius 1 is 0.886 bits per heavy atom. The summed E-state index contributed by atoms with van der Waals surface area (Å²) in [5, 5.41) is 5.59. The topological polar surface area (TPSA) is 111 Å². The SMILES string of the molecule is CCC[C@@H]1NC(=O)c2ccccc2/C1=C/C(=O)OC#COC(=O)/C=C1\CNC(=O)c2ccccc21. The molecule has 8 nitrogen and oxygen atoms in total. The quantitative estimate of drug-likeness (QED) is 0.404. The second-order valence-electron chi connectivity index (χ2n) is 7.90. The first kappa shape index (κ1) is 23.5. The van der Waals surface area contributed by atoms with Crippen LogP contribution in [0, 0.1) is 12.2 Å². The average Bonchev–Trinajstić information content (AvgIpc) is 2.86. The number of carbonyl (C=O) groups excluding carboxylic acids is 4. The number of amides is 2. The minimum absolute atomic E-state index is 0.178. The van der Waals surface area contributed by atoms with Crippen molar-refractivity contribution in [2.24, 2.45) is 0 Å². The van der Waals surface area contributed by atoms with E-state index in [2.05, 4.69) is 22.8 Å². The first-order valence-electron chi connectivity index (χ1n) is 11.1. The third-order valence-corrected chi connectivity index (χ3v) is 5.61. The van der Waals surface area contributed by atoms with Crippen LogP contribution in [0.3, 0.4) is 0 Å². The molecule has 8 heteroatoms. The fourth-order valence-electron chi connectivity index (χ4n) is 4.06.